The van der Waals surface area contributed by atoms with Crippen LogP contribution in [0.1, 0.15) is 17.2 Å². The molecule has 5 nitrogen and oxygen atoms in total. The van der Waals surface area contributed by atoms with E-state index in [-0.39, 0.29) is 23.4 Å². The Hall–Kier alpha value is -2.96. The van der Waals surface area contributed by atoms with Gasteiger partial charge in [-0.1, -0.05) is 66.7 Å². The molecule has 0 aliphatic heterocycles. The molecule has 1 N–H and O–H groups in total. The summed E-state index contributed by atoms with van der Waals surface area (Å²) >= 11 is 0. The van der Waals surface area contributed by atoms with Gasteiger partial charge in [0, 0.05) is 11.9 Å². The number of rotatable bonds is 7. The summed E-state index contributed by atoms with van der Waals surface area (Å²) in [5, 5.41) is 2.80. The first-order valence-corrected chi connectivity index (χ1v) is 11.1. The summed E-state index contributed by atoms with van der Waals surface area (Å²) in [4.78, 5) is 14.8. The number of nitrogens with one attached hydrogen (secondary N) is 1. The molecule has 1 amide bonds. The molecule has 0 fully saturated rings. The topological polar surface area (TPSA) is 66.5 Å². The van der Waals surface area contributed by atoms with Crippen LogP contribution in [0, 0.1) is 0 Å². The number of hydrogen-bond acceptors (Lipinski definition) is 4. The fourth-order valence-electron chi connectivity index (χ4n) is 3.29. The zero-order chi connectivity index (χ0) is 20.9. The number of amides is 1. The van der Waals surface area contributed by atoms with Crippen molar-refractivity contribution in [2.45, 2.75) is 10.9 Å². The van der Waals surface area contributed by atoms with Gasteiger partial charge in [0.25, 0.3) is 0 Å². The predicted octanol–water partition coefficient (Wildman–Crippen LogP) is 3.75. The predicted molar refractivity (Wildman–Crippen MR) is 116 cm³/mol. The van der Waals surface area contributed by atoms with E-state index in [2.05, 4.69) is 5.32 Å². The van der Waals surface area contributed by atoms with Crippen molar-refractivity contribution in [3.63, 3.8) is 0 Å². The molecule has 3 rings (SSSR count). The van der Waals surface area contributed by atoms with Crippen LogP contribution in [-0.2, 0) is 14.6 Å². The number of hydrogen-bond donors (Lipinski definition) is 1. The van der Waals surface area contributed by atoms with Gasteiger partial charge >= 0.3 is 0 Å². The molecule has 0 heterocycles. The van der Waals surface area contributed by atoms with E-state index in [4.69, 9.17) is 0 Å². The second kappa shape index (κ2) is 9.03. The Morgan fingerprint density at radius 1 is 0.897 bits per heavy atom. The Morgan fingerprint density at radius 3 is 1.97 bits per heavy atom. The third-order valence-electron chi connectivity index (χ3n) is 4.61. The molecular formula is C23H24N2O3S. The molecule has 0 saturated carbocycles. The Labute approximate surface area is 171 Å². The van der Waals surface area contributed by atoms with E-state index in [1.54, 1.807) is 12.1 Å². The van der Waals surface area contributed by atoms with E-state index in [1.807, 2.05) is 72.6 Å². The quantitative estimate of drug-likeness (QED) is 0.647. The average Bonchev–Trinajstić information content (AvgIpc) is 2.69. The largest absolute Gasteiger partial charge is 0.325 e. The smallest absolute Gasteiger partial charge is 0.238 e. The van der Waals surface area contributed by atoms with E-state index >= 15 is 0 Å². The van der Waals surface area contributed by atoms with Gasteiger partial charge in [0.2, 0.25) is 5.91 Å². The Morgan fingerprint density at radius 2 is 1.45 bits per heavy atom. The third kappa shape index (κ3) is 5.53. The minimum Gasteiger partial charge on any atom is -0.325 e. The van der Waals surface area contributed by atoms with Gasteiger partial charge in [0.15, 0.2) is 9.84 Å². The summed E-state index contributed by atoms with van der Waals surface area (Å²) in [6.45, 7) is 0.150. The molecule has 0 saturated heterocycles. The molecule has 0 bridgehead atoms. The Bertz CT molecular complexity index is 1030. The zero-order valence-electron chi connectivity index (χ0n) is 16.4. The molecule has 0 unspecified atom stereocenters. The minimum absolute atomic E-state index is 0.0782. The summed E-state index contributed by atoms with van der Waals surface area (Å²) in [5.74, 6) is -0.213. The van der Waals surface area contributed by atoms with E-state index in [0.29, 0.717) is 5.69 Å². The van der Waals surface area contributed by atoms with E-state index in [9.17, 15) is 13.2 Å². The fraction of sp³-hybridized carbons (Fsp3) is 0.174. The van der Waals surface area contributed by atoms with Crippen LogP contribution in [0.5, 0.6) is 0 Å². The molecule has 150 valence electrons. The van der Waals surface area contributed by atoms with Crippen molar-refractivity contribution in [3.05, 3.63) is 96.1 Å². The van der Waals surface area contributed by atoms with Crippen LogP contribution in [-0.4, -0.2) is 39.1 Å². The van der Waals surface area contributed by atoms with Gasteiger partial charge in [-0.25, -0.2) is 8.42 Å². The first-order chi connectivity index (χ1) is 13.8. The lowest BCUT2D eigenvalue weighted by Gasteiger charge is -2.28. The molecule has 0 radical (unpaired) electrons. The molecule has 3 aromatic rings. The second-order valence-corrected chi connectivity index (χ2v) is 9.00. The molecule has 0 aliphatic carbocycles. The van der Waals surface area contributed by atoms with Crippen molar-refractivity contribution in [2.24, 2.45) is 0 Å². The molecule has 3 aromatic carbocycles. The van der Waals surface area contributed by atoms with Crippen molar-refractivity contribution < 1.29 is 13.2 Å². The summed E-state index contributed by atoms with van der Waals surface area (Å²) in [6.07, 6.45) is 1.14. The van der Waals surface area contributed by atoms with Gasteiger partial charge in [0.05, 0.1) is 17.5 Å². The number of likely N-dealkylation sites (N-methyl/N-ethyl adjacent to an activating group) is 1. The third-order valence-corrected chi connectivity index (χ3v) is 5.72. The van der Waals surface area contributed by atoms with Gasteiger partial charge in [0.1, 0.15) is 0 Å². The molecule has 0 aromatic heterocycles. The zero-order valence-corrected chi connectivity index (χ0v) is 17.3. The number of sulfone groups is 1. The van der Waals surface area contributed by atoms with Gasteiger partial charge in [-0.15, -0.1) is 0 Å². The summed E-state index contributed by atoms with van der Waals surface area (Å²) in [5.41, 5.74) is 2.64. The second-order valence-electron chi connectivity index (χ2n) is 6.99. The lowest BCUT2D eigenvalue weighted by Crippen LogP contribution is -2.34. The van der Waals surface area contributed by atoms with Crippen molar-refractivity contribution in [1.82, 2.24) is 4.90 Å². The molecule has 0 spiro atoms. The van der Waals surface area contributed by atoms with Gasteiger partial charge in [-0.2, -0.15) is 0 Å². The summed E-state index contributed by atoms with van der Waals surface area (Å²) in [6, 6.07) is 26.2. The number of carbonyl (C=O) groups is 1. The Kier molecular flexibility index (Phi) is 6.46. The van der Waals surface area contributed by atoms with E-state index in [0.717, 1.165) is 17.4 Å². The maximum absolute atomic E-state index is 12.6. The van der Waals surface area contributed by atoms with Crippen LogP contribution in [0.2, 0.25) is 0 Å². The van der Waals surface area contributed by atoms with Crippen molar-refractivity contribution >= 4 is 21.4 Å². The highest BCUT2D eigenvalue weighted by molar-refractivity contribution is 7.90. The van der Waals surface area contributed by atoms with Gasteiger partial charge < -0.3 is 5.32 Å². The number of carbonyl (C=O) groups excluding carboxylic acids is 1. The van der Waals surface area contributed by atoms with Crippen LogP contribution >= 0.6 is 0 Å². The maximum Gasteiger partial charge on any atom is 0.238 e. The first kappa shape index (κ1) is 20.8. The highest BCUT2D eigenvalue weighted by Crippen LogP contribution is 2.27. The maximum atomic E-state index is 12.6. The van der Waals surface area contributed by atoms with Gasteiger partial charge in [-0.05, 0) is 36.4 Å². The van der Waals surface area contributed by atoms with E-state index < -0.39 is 9.84 Å². The first-order valence-electron chi connectivity index (χ1n) is 9.25. The fourth-order valence-corrected chi connectivity index (χ4v) is 3.96. The SMILES string of the molecule is CN(CC(=O)Nc1cccc(S(C)(=O)=O)c1)C(c1ccccc1)c1ccccc1. The minimum atomic E-state index is -3.33. The highest BCUT2D eigenvalue weighted by Gasteiger charge is 2.21. The van der Waals surface area contributed by atoms with Crippen LogP contribution in [0.4, 0.5) is 5.69 Å². The molecule has 0 aliphatic rings. The van der Waals surface area contributed by atoms with Crippen molar-refractivity contribution in [2.75, 3.05) is 25.2 Å². The van der Waals surface area contributed by atoms with Crippen molar-refractivity contribution in [1.29, 1.82) is 0 Å². The average molecular weight is 409 g/mol. The van der Waals surface area contributed by atoms with Crippen molar-refractivity contribution in [3.8, 4) is 0 Å². The summed E-state index contributed by atoms with van der Waals surface area (Å²) in [7, 11) is -1.43. The number of benzene rings is 3. The monoisotopic (exact) mass is 408 g/mol. The van der Waals surface area contributed by atoms with Gasteiger partial charge in [-0.3, -0.25) is 9.69 Å². The molecule has 29 heavy (non-hydrogen) atoms. The van der Waals surface area contributed by atoms with Crippen LogP contribution in [0.3, 0.4) is 0 Å². The molecule has 6 heteroatoms. The number of anilines is 1. The lowest BCUT2D eigenvalue weighted by atomic mass is 9.97. The van der Waals surface area contributed by atoms with Crippen LogP contribution in [0.15, 0.2) is 89.8 Å². The highest BCUT2D eigenvalue weighted by atomic mass is 32.2. The van der Waals surface area contributed by atoms with E-state index in [1.165, 1.54) is 12.1 Å². The standard InChI is InChI=1S/C23H24N2O3S/c1-25(17-22(26)24-20-14-9-15-21(16-20)29(2,27)28)23(18-10-5-3-6-11-18)19-12-7-4-8-13-19/h3-16,23H,17H2,1-2H3,(H,24,26). The summed E-state index contributed by atoms with van der Waals surface area (Å²) < 4.78 is 23.5. The Balaban J connectivity index is 1.78. The van der Waals surface area contributed by atoms with Crippen LogP contribution < -0.4 is 5.32 Å². The lowest BCUT2D eigenvalue weighted by molar-refractivity contribution is -0.117. The van der Waals surface area contributed by atoms with Crippen LogP contribution in [0.25, 0.3) is 0 Å². The molecule has 0 atom stereocenters. The molecular weight excluding hydrogens is 384 g/mol. The normalized spacial score (nSPS) is 11.6. The number of nitrogens with zero attached hydrogens (tertiary/aromatic N) is 1.